The summed E-state index contributed by atoms with van der Waals surface area (Å²) < 4.78 is 0. The second kappa shape index (κ2) is 5.73. The molecule has 2 aliphatic rings. The van der Waals surface area contributed by atoms with Crippen LogP contribution < -0.4 is 0 Å². The van der Waals surface area contributed by atoms with Crippen molar-refractivity contribution in [2.75, 3.05) is 13.3 Å². The van der Waals surface area contributed by atoms with Crippen molar-refractivity contribution in [2.45, 2.75) is 66.7 Å². The van der Waals surface area contributed by atoms with E-state index in [1.165, 1.54) is 11.1 Å². The molecule has 0 nitrogen and oxygen atoms in total. The molecule has 1 heteroatoms. The molecule has 0 saturated carbocycles. The third-order valence-electron chi connectivity index (χ3n) is 5.54. The molecule has 0 amide bonds. The minimum Gasteiger partial charge on any atom is -0.0561 e. The lowest BCUT2D eigenvalue weighted by Gasteiger charge is -2.31. The van der Waals surface area contributed by atoms with Crippen LogP contribution in [-0.4, -0.2) is 24.6 Å². The molecule has 0 bridgehead atoms. The Morgan fingerprint density at radius 1 is 0.696 bits per heavy atom. The first-order valence-electron chi connectivity index (χ1n) is 8.89. The van der Waals surface area contributed by atoms with Crippen LogP contribution in [0.5, 0.6) is 0 Å². The molecule has 0 radical (unpaired) electrons. The molecule has 0 N–H and O–H groups in total. The molecule has 0 aromatic heterocycles. The summed E-state index contributed by atoms with van der Waals surface area (Å²) >= 11 is 0. The molecular formula is C22H36P+. The molecule has 0 fully saturated rings. The van der Waals surface area contributed by atoms with E-state index in [1.54, 1.807) is 11.1 Å². The molecule has 0 heterocycles. The van der Waals surface area contributed by atoms with Gasteiger partial charge >= 0.3 is 0 Å². The van der Waals surface area contributed by atoms with Crippen LogP contribution in [-0.2, 0) is 0 Å². The van der Waals surface area contributed by atoms with Crippen molar-refractivity contribution in [2.24, 2.45) is 10.8 Å². The fourth-order valence-corrected chi connectivity index (χ4v) is 7.58. The van der Waals surface area contributed by atoms with E-state index in [1.807, 2.05) is 0 Å². The Labute approximate surface area is 145 Å². The lowest BCUT2D eigenvalue weighted by atomic mass is 9.87. The average Bonchev–Trinajstić information content (AvgIpc) is 2.91. The molecule has 128 valence electrons. The Morgan fingerprint density at radius 3 is 1.22 bits per heavy atom. The van der Waals surface area contributed by atoms with Crippen LogP contribution in [0, 0.1) is 10.8 Å². The van der Waals surface area contributed by atoms with Crippen molar-refractivity contribution >= 4 is 7.26 Å². The lowest BCUT2D eigenvalue weighted by Crippen LogP contribution is -2.20. The number of rotatable bonds is 2. The van der Waals surface area contributed by atoms with Crippen LogP contribution in [0.1, 0.15) is 55.4 Å². The fraction of sp³-hybridized carbons (Fsp3) is 0.636. The predicted molar refractivity (Wildman–Crippen MR) is 109 cm³/mol. The van der Waals surface area contributed by atoms with Crippen molar-refractivity contribution in [3.63, 3.8) is 0 Å². The van der Waals surface area contributed by atoms with Crippen molar-refractivity contribution in [3.8, 4) is 0 Å². The molecule has 2 aliphatic carbocycles. The Morgan fingerprint density at radius 2 is 1.00 bits per heavy atom. The zero-order valence-corrected chi connectivity index (χ0v) is 17.8. The fourth-order valence-electron chi connectivity index (χ4n) is 3.90. The van der Waals surface area contributed by atoms with Gasteiger partial charge in [-0.15, -0.1) is 0 Å². The smallest absolute Gasteiger partial charge is 0.0561 e. The quantitative estimate of drug-likeness (QED) is 0.484. The normalized spacial score (nSPS) is 26.0. The van der Waals surface area contributed by atoms with Gasteiger partial charge in [0, 0.05) is 7.26 Å². The molecule has 0 aromatic rings. The Kier molecular flexibility index (Phi) is 4.67. The summed E-state index contributed by atoms with van der Waals surface area (Å²) in [7, 11) is -1.15. The van der Waals surface area contributed by atoms with Crippen LogP contribution in [0.4, 0.5) is 0 Å². The zero-order chi connectivity index (χ0) is 17.8. The first kappa shape index (κ1) is 18.7. The van der Waals surface area contributed by atoms with Gasteiger partial charge in [-0.2, -0.15) is 0 Å². The maximum atomic E-state index is 2.58. The predicted octanol–water partition coefficient (Wildman–Crippen LogP) is 6.87. The monoisotopic (exact) mass is 331 g/mol. The van der Waals surface area contributed by atoms with Crippen molar-refractivity contribution in [3.05, 3.63) is 46.6 Å². The maximum Gasteiger partial charge on any atom is 0.109 e. The van der Waals surface area contributed by atoms with E-state index >= 15 is 0 Å². The van der Waals surface area contributed by atoms with Gasteiger partial charge in [0.1, 0.15) is 11.3 Å². The van der Waals surface area contributed by atoms with Crippen molar-refractivity contribution < 1.29 is 0 Å². The maximum absolute atomic E-state index is 2.58. The number of hydrogen-bond donors (Lipinski definition) is 0. The van der Waals surface area contributed by atoms with E-state index in [9.17, 15) is 0 Å². The van der Waals surface area contributed by atoms with Gasteiger partial charge in [-0.05, 0) is 59.1 Å². The standard InChI is InChI=1S/C22H36P/c1-15-11-17(21(3,4)5)13-19(15)23(9,10)20-14-18(12-16(20)2)22(6,7)8/h11-14,19-20H,1-10H3/q+1. The van der Waals surface area contributed by atoms with Gasteiger partial charge < -0.3 is 0 Å². The van der Waals surface area contributed by atoms with E-state index < -0.39 is 7.26 Å². The van der Waals surface area contributed by atoms with E-state index in [4.69, 9.17) is 0 Å². The van der Waals surface area contributed by atoms with E-state index in [2.05, 4.69) is 93.0 Å². The minimum atomic E-state index is -1.15. The summed E-state index contributed by atoms with van der Waals surface area (Å²) in [5.41, 5.74) is 7.96. The first-order valence-corrected chi connectivity index (χ1v) is 11.7. The molecule has 0 aliphatic heterocycles. The van der Waals surface area contributed by atoms with Crippen LogP contribution in [0.3, 0.4) is 0 Å². The summed E-state index contributed by atoms with van der Waals surface area (Å²) in [6.07, 6.45) is 10.1. The summed E-state index contributed by atoms with van der Waals surface area (Å²) in [5.74, 6) is 0. The highest BCUT2D eigenvalue weighted by Crippen LogP contribution is 2.68. The molecular weight excluding hydrogens is 295 g/mol. The lowest BCUT2D eigenvalue weighted by molar-refractivity contribution is 0.517. The Bertz CT molecular complexity index is 555. The molecule has 2 unspecified atom stereocenters. The van der Waals surface area contributed by atoms with Crippen LogP contribution in [0.25, 0.3) is 0 Å². The SMILES string of the molecule is CC1=CC(C(C)(C)C)=CC1[P+](C)(C)C1C=C(C(C)(C)C)C=C1C. The van der Waals surface area contributed by atoms with Gasteiger partial charge in [-0.25, -0.2) is 0 Å². The molecule has 0 spiro atoms. The van der Waals surface area contributed by atoms with Gasteiger partial charge in [0.25, 0.3) is 0 Å². The molecule has 0 saturated heterocycles. The summed E-state index contributed by atoms with van der Waals surface area (Å²) in [5, 5.41) is 0. The van der Waals surface area contributed by atoms with Crippen LogP contribution in [0.2, 0.25) is 0 Å². The third-order valence-corrected chi connectivity index (χ3v) is 9.52. The van der Waals surface area contributed by atoms with Gasteiger partial charge in [-0.1, -0.05) is 53.7 Å². The first-order chi connectivity index (χ1) is 10.2. The van der Waals surface area contributed by atoms with Crippen LogP contribution in [0.15, 0.2) is 46.6 Å². The second-order valence-electron chi connectivity index (χ2n) is 10.0. The molecule has 0 aromatic carbocycles. The minimum absolute atomic E-state index is 0.253. The van der Waals surface area contributed by atoms with Gasteiger partial charge in [0.05, 0.1) is 13.3 Å². The average molecular weight is 332 g/mol. The summed E-state index contributed by atoms with van der Waals surface area (Å²) in [6, 6.07) is 0. The Balaban J connectivity index is 2.38. The van der Waals surface area contributed by atoms with E-state index in [0.717, 1.165) is 0 Å². The highest BCUT2D eigenvalue weighted by molar-refractivity contribution is 7.76. The van der Waals surface area contributed by atoms with E-state index in [-0.39, 0.29) is 10.8 Å². The van der Waals surface area contributed by atoms with Crippen molar-refractivity contribution in [1.29, 1.82) is 0 Å². The van der Waals surface area contributed by atoms with Crippen molar-refractivity contribution in [1.82, 2.24) is 0 Å². The summed E-state index contributed by atoms with van der Waals surface area (Å²) in [6.45, 7) is 23.8. The number of hydrogen-bond acceptors (Lipinski definition) is 0. The van der Waals surface area contributed by atoms with Gasteiger partial charge in [-0.3, -0.25) is 0 Å². The van der Waals surface area contributed by atoms with Crippen LogP contribution >= 0.6 is 7.26 Å². The molecule has 2 rings (SSSR count). The zero-order valence-electron chi connectivity index (χ0n) is 16.9. The molecule has 2 atom stereocenters. The number of allylic oxidation sites excluding steroid dienone is 8. The highest BCUT2D eigenvalue weighted by atomic mass is 31.2. The van der Waals surface area contributed by atoms with Gasteiger partial charge in [0.2, 0.25) is 0 Å². The van der Waals surface area contributed by atoms with E-state index in [0.29, 0.717) is 11.3 Å². The topological polar surface area (TPSA) is 0 Å². The highest BCUT2D eigenvalue weighted by Gasteiger charge is 2.47. The second-order valence-corrected chi connectivity index (χ2v) is 14.4. The summed E-state index contributed by atoms with van der Waals surface area (Å²) in [4.78, 5) is 0. The molecule has 23 heavy (non-hydrogen) atoms. The Hall–Kier alpha value is -0.610. The third kappa shape index (κ3) is 3.58. The van der Waals surface area contributed by atoms with Gasteiger partial charge in [0.15, 0.2) is 0 Å². The largest absolute Gasteiger partial charge is 0.109 e.